The number of benzene rings is 1. The lowest BCUT2D eigenvalue weighted by atomic mass is 9.75. The summed E-state index contributed by atoms with van der Waals surface area (Å²) in [7, 11) is 0. The van der Waals surface area contributed by atoms with Crippen LogP contribution in [0.3, 0.4) is 0 Å². The van der Waals surface area contributed by atoms with Gasteiger partial charge in [-0.1, -0.05) is 13.0 Å². The van der Waals surface area contributed by atoms with Gasteiger partial charge in [0.25, 0.3) is 0 Å². The summed E-state index contributed by atoms with van der Waals surface area (Å²) in [5, 5.41) is 3.23. The second-order valence-electron chi connectivity index (χ2n) is 6.50. The van der Waals surface area contributed by atoms with E-state index in [1.54, 1.807) is 12.1 Å². The number of halogens is 2. The molecular weight excluding hydrogens is 405 g/mol. The number of hydrogen-bond donors (Lipinski definition) is 1. The first kappa shape index (κ1) is 17.6. The van der Waals surface area contributed by atoms with E-state index in [0.717, 1.165) is 0 Å². The number of Topliss-reactive ketones (excluding diaryl/α,β-unsaturated/α-hetero) is 2. The number of carbonyl (C=O) groups excluding carboxylic acids is 2. The first-order valence-electron chi connectivity index (χ1n) is 8.46. The third-order valence-electron chi connectivity index (χ3n) is 4.94. The molecule has 0 radical (unpaired) electrons. The van der Waals surface area contributed by atoms with Crippen LogP contribution in [0.25, 0.3) is 0 Å². The van der Waals surface area contributed by atoms with Crippen LogP contribution in [0.4, 0.5) is 4.39 Å². The molecule has 4 rings (SSSR count). The Morgan fingerprint density at radius 2 is 1.96 bits per heavy atom. The van der Waals surface area contributed by atoms with Gasteiger partial charge in [-0.2, -0.15) is 0 Å². The molecule has 3 heterocycles. The molecule has 0 bridgehead atoms. The van der Waals surface area contributed by atoms with E-state index >= 15 is 0 Å². The highest BCUT2D eigenvalue weighted by Gasteiger charge is 2.43. The van der Waals surface area contributed by atoms with Crippen LogP contribution in [0.2, 0.25) is 0 Å². The molecule has 0 saturated carbocycles. The largest absolute Gasteiger partial charge is 0.367 e. The summed E-state index contributed by atoms with van der Waals surface area (Å²) in [6.07, 6.45) is 0.441. The van der Waals surface area contributed by atoms with Crippen molar-refractivity contribution in [2.45, 2.75) is 25.4 Å². The number of ketones is 2. The molecule has 0 aromatic heterocycles. The highest BCUT2D eigenvalue weighted by atomic mass is 79.9. The van der Waals surface area contributed by atoms with Crippen molar-refractivity contribution in [3.8, 4) is 0 Å². The Morgan fingerprint density at radius 1 is 1.19 bits per heavy atom. The van der Waals surface area contributed by atoms with Gasteiger partial charge in [0.1, 0.15) is 19.0 Å². The van der Waals surface area contributed by atoms with E-state index in [9.17, 15) is 14.0 Å². The highest BCUT2D eigenvalue weighted by Crippen LogP contribution is 2.43. The van der Waals surface area contributed by atoms with Gasteiger partial charge in [-0.25, -0.2) is 4.39 Å². The van der Waals surface area contributed by atoms with Crippen molar-refractivity contribution in [3.63, 3.8) is 0 Å². The number of ether oxygens (including phenoxy) is 2. The second-order valence-corrected chi connectivity index (χ2v) is 7.35. The first-order valence-corrected chi connectivity index (χ1v) is 9.25. The average Bonchev–Trinajstić information content (AvgIpc) is 2.63. The van der Waals surface area contributed by atoms with E-state index in [4.69, 9.17) is 9.47 Å². The molecule has 0 fully saturated rings. The molecule has 7 heteroatoms. The Labute approximate surface area is 158 Å². The summed E-state index contributed by atoms with van der Waals surface area (Å²) >= 11 is 3.20. The van der Waals surface area contributed by atoms with Gasteiger partial charge in [-0.05, 0) is 40.0 Å². The molecule has 1 aromatic carbocycles. The lowest BCUT2D eigenvalue weighted by Crippen LogP contribution is -2.45. The molecule has 0 spiro atoms. The highest BCUT2D eigenvalue weighted by molar-refractivity contribution is 9.10. The zero-order chi connectivity index (χ0) is 18.4. The zero-order valence-electron chi connectivity index (χ0n) is 14.1. The molecule has 136 valence electrons. The SMILES string of the molecule is CC[C@@H]1OCC(=O)C2=C1NC1=C(C(=O)COC1)[C@H]2c1ccc(F)c(Br)c1. The maximum absolute atomic E-state index is 13.7. The normalized spacial score (nSPS) is 25.8. The summed E-state index contributed by atoms with van der Waals surface area (Å²) in [4.78, 5) is 25.4. The van der Waals surface area contributed by atoms with Gasteiger partial charge in [0.05, 0.1) is 22.9 Å². The van der Waals surface area contributed by atoms with E-state index in [2.05, 4.69) is 21.2 Å². The number of dihydropyridines is 1. The zero-order valence-corrected chi connectivity index (χ0v) is 15.7. The number of nitrogens with one attached hydrogen (secondary N) is 1. The number of hydrogen-bond acceptors (Lipinski definition) is 5. The predicted octanol–water partition coefficient (Wildman–Crippen LogP) is 2.76. The minimum Gasteiger partial charge on any atom is -0.367 e. The van der Waals surface area contributed by atoms with E-state index in [0.29, 0.717) is 39.0 Å². The Balaban J connectivity index is 1.94. The fourth-order valence-electron chi connectivity index (χ4n) is 3.79. The topological polar surface area (TPSA) is 64.6 Å². The Kier molecular flexibility index (Phi) is 4.54. The molecule has 0 saturated heterocycles. The standard InChI is InChI=1S/C19H17BrFNO4/c1-2-15-19-18(14(24)8-26-15)16(9-3-4-11(21)10(20)5-9)17-12(22-19)6-25-7-13(17)23/h3-5,15-16,22H,2,6-8H2,1H3/t15-,16+/m0/s1. The van der Waals surface area contributed by atoms with Gasteiger partial charge in [0, 0.05) is 22.8 Å². The second kappa shape index (κ2) is 6.72. The molecule has 2 atom stereocenters. The minimum absolute atomic E-state index is 0.0226. The molecule has 3 aliphatic heterocycles. The summed E-state index contributed by atoms with van der Waals surface area (Å²) in [5.41, 5.74) is 3.10. The molecule has 0 amide bonds. The van der Waals surface area contributed by atoms with E-state index < -0.39 is 11.7 Å². The van der Waals surface area contributed by atoms with E-state index in [-0.39, 0.29) is 37.5 Å². The Morgan fingerprint density at radius 3 is 2.69 bits per heavy atom. The minimum atomic E-state index is -0.542. The first-order chi connectivity index (χ1) is 12.5. The molecule has 5 nitrogen and oxygen atoms in total. The Hall–Kier alpha value is -1.83. The molecule has 1 aromatic rings. The average molecular weight is 422 g/mol. The van der Waals surface area contributed by atoms with Crippen LogP contribution in [-0.2, 0) is 19.1 Å². The van der Waals surface area contributed by atoms with Gasteiger partial charge < -0.3 is 14.8 Å². The van der Waals surface area contributed by atoms with E-state index in [1.807, 2.05) is 6.92 Å². The molecule has 26 heavy (non-hydrogen) atoms. The third kappa shape index (κ3) is 2.74. The molecule has 0 aliphatic carbocycles. The molecule has 0 unspecified atom stereocenters. The molecule has 1 N–H and O–H groups in total. The van der Waals surface area contributed by atoms with Gasteiger partial charge in [0.2, 0.25) is 0 Å². The van der Waals surface area contributed by atoms with Crippen molar-refractivity contribution in [1.82, 2.24) is 5.32 Å². The fourth-order valence-corrected chi connectivity index (χ4v) is 4.18. The Bertz CT molecular complexity index is 876. The summed E-state index contributed by atoms with van der Waals surface area (Å²) < 4.78 is 25.1. The van der Waals surface area contributed by atoms with Crippen molar-refractivity contribution < 1.29 is 23.5 Å². The van der Waals surface area contributed by atoms with Crippen LogP contribution in [-0.4, -0.2) is 37.5 Å². The van der Waals surface area contributed by atoms with Crippen LogP contribution in [0.1, 0.15) is 24.8 Å². The van der Waals surface area contributed by atoms with Gasteiger partial charge in [-0.15, -0.1) is 0 Å². The lowest BCUT2D eigenvalue weighted by molar-refractivity contribution is -0.124. The summed E-state index contributed by atoms with van der Waals surface area (Å²) in [6.45, 7) is 2.19. The van der Waals surface area contributed by atoms with Crippen LogP contribution in [0.15, 0.2) is 45.2 Å². The number of carbonyl (C=O) groups is 2. The van der Waals surface area contributed by atoms with Crippen molar-refractivity contribution in [2.75, 3.05) is 19.8 Å². The summed E-state index contributed by atoms with van der Waals surface area (Å²) in [5.74, 6) is -1.26. The van der Waals surface area contributed by atoms with Crippen LogP contribution >= 0.6 is 15.9 Å². The van der Waals surface area contributed by atoms with Crippen molar-refractivity contribution >= 4 is 27.5 Å². The summed E-state index contributed by atoms with van der Waals surface area (Å²) in [6, 6.07) is 4.59. The number of rotatable bonds is 2. The third-order valence-corrected chi connectivity index (χ3v) is 5.55. The predicted molar refractivity (Wildman–Crippen MR) is 94.9 cm³/mol. The molecular formula is C19H17BrFNO4. The monoisotopic (exact) mass is 421 g/mol. The maximum Gasteiger partial charge on any atom is 0.187 e. The van der Waals surface area contributed by atoms with Crippen molar-refractivity contribution in [3.05, 3.63) is 56.6 Å². The fraction of sp³-hybridized carbons (Fsp3) is 0.368. The maximum atomic E-state index is 13.7. The van der Waals surface area contributed by atoms with Crippen LogP contribution in [0.5, 0.6) is 0 Å². The van der Waals surface area contributed by atoms with Gasteiger partial charge in [-0.3, -0.25) is 9.59 Å². The smallest absolute Gasteiger partial charge is 0.187 e. The van der Waals surface area contributed by atoms with E-state index in [1.165, 1.54) is 6.07 Å². The molecule has 3 aliphatic rings. The quantitative estimate of drug-likeness (QED) is 0.795. The van der Waals surface area contributed by atoms with Gasteiger partial charge >= 0.3 is 0 Å². The van der Waals surface area contributed by atoms with Crippen LogP contribution < -0.4 is 5.32 Å². The van der Waals surface area contributed by atoms with Gasteiger partial charge in [0.15, 0.2) is 11.6 Å². The van der Waals surface area contributed by atoms with Crippen molar-refractivity contribution in [1.29, 1.82) is 0 Å². The van der Waals surface area contributed by atoms with Crippen LogP contribution in [0, 0.1) is 5.82 Å². The lowest BCUT2D eigenvalue weighted by Gasteiger charge is -2.39. The van der Waals surface area contributed by atoms with Crippen molar-refractivity contribution in [2.24, 2.45) is 0 Å².